The molecular weight excluding hydrogens is 180 g/mol. The lowest BCUT2D eigenvalue weighted by Crippen LogP contribution is -1.82. The van der Waals surface area contributed by atoms with E-state index in [1.165, 1.54) is 4.91 Å². The molecule has 0 aromatic carbocycles. The molecule has 0 fully saturated rings. The van der Waals surface area contributed by atoms with Crippen LogP contribution < -0.4 is 0 Å². The van der Waals surface area contributed by atoms with E-state index in [9.17, 15) is 0 Å². The molecule has 0 unspecified atom stereocenters. The summed E-state index contributed by atoms with van der Waals surface area (Å²) in [4.78, 5) is 8.63. The van der Waals surface area contributed by atoms with Gasteiger partial charge in [0.1, 0.15) is 0 Å². The van der Waals surface area contributed by atoms with E-state index in [1.54, 1.807) is 11.8 Å². The minimum Gasteiger partial charge on any atom is -0.361 e. The van der Waals surface area contributed by atoms with Crippen LogP contribution >= 0.6 is 11.8 Å². The van der Waals surface area contributed by atoms with Gasteiger partial charge >= 0.3 is 0 Å². The van der Waals surface area contributed by atoms with Crippen LogP contribution in [0.1, 0.15) is 5.69 Å². The second-order valence-corrected chi connectivity index (χ2v) is 3.46. The number of nitrogens with one attached hydrogen (secondary N) is 1. The van der Waals surface area contributed by atoms with Gasteiger partial charge in [-0.1, -0.05) is 0 Å². The first kappa shape index (κ1) is 8.38. The molecule has 0 spiro atoms. The Bertz CT molecular complexity index is 358. The van der Waals surface area contributed by atoms with Crippen molar-refractivity contribution < 1.29 is 0 Å². The van der Waals surface area contributed by atoms with E-state index < -0.39 is 0 Å². The lowest BCUT2D eigenvalue weighted by Gasteiger charge is -2.02. The lowest BCUT2D eigenvalue weighted by molar-refractivity contribution is 1.35. The fraction of sp³-hybridized carbons (Fsp3) is 0.100. The Balaban J connectivity index is 2.44. The third-order valence-corrected chi connectivity index (χ3v) is 2.67. The van der Waals surface area contributed by atoms with E-state index in [1.807, 2.05) is 30.6 Å². The molecule has 0 saturated heterocycles. The van der Waals surface area contributed by atoms with Crippen molar-refractivity contribution in [3.05, 3.63) is 41.9 Å². The summed E-state index contributed by atoms with van der Waals surface area (Å²) in [5.74, 6) is 0. The standard InChI is InChI=1S/C10H10N2S/c1-13-10(8-4-2-6-11-8)9-5-3-7-12-9/h2-7,11H,1H3/b10-9+. The minimum absolute atomic E-state index is 1.04. The molecule has 1 aromatic heterocycles. The maximum atomic E-state index is 4.27. The number of hydrogen-bond acceptors (Lipinski definition) is 2. The normalized spacial score (nSPS) is 18.2. The average Bonchev–Trinajstić information content (AvgIpc) is 2.76. The molecule has 2 rings (SSSR count). The second-order valence-electron chi connectivity index (χ2n) is 2.64. The van der Waals surface area contributed by atoms with E-state index in [-0.39, 0.29) is 0 Å². The highest BCUT2D eigenvalue weighted by atomic mass is 32.2. The van der Waals surface area contributed by atoms with Gasteiger partial charge in [-0.25, -0.2) is 0 Å². The predicted octanol–water partition coefficient (Wildman–Crippen LogP) is 2.69. The van der Waals surface area contributed by atoms with Gasteiger partial charge < -0.3 is 4.98 Å². The molecule has 13 heavy (non-hydrogen) atoms. The van der Waals surface area contributed by atoms with Gasteiger partial charge in [0.25, 0.3) is 0 Å². The van der Waals surface area contributed by atoms with E-state index in [0.29, 0.717) is 0 Å². The molecule has 2 heterocycles. The van der Waals surface area contributed by atoms with Gasteiger partial charge in [-0.15, -0.1) is 11.8 Å². The number of allylic oxidation sites excluding steroid dienone is 2. The summed E-state index contributed by atoms with van der Waals surface area (Å²) in [6.45, 7) is 0. The first-order valence-corrected chi connectivity index (χ1v) is 5.27. The Morgan fingerprint density at radius 1 is 1.54 bits per heavy atom. The van der Waals surface area contributed by atoms with Crippen molar-refractivity contribution in [1.29, 1.82) is 0 Å². The molecule has 0 bridgehead atoms. The van der Waals surface area contributed by atoms with Crippen molar-refractivity contribution in [3.8, 4) is 0 Å². The molecule has 2 nitrogen and oxygen atoms in total. The first-order valence-electron chi connectivity index (χ1n) is 4.04. The Kier molecular flexibility index (Phi) is 2.36. The fourth-order valence-corrected chi connectivity index (χ4v) is 1.94. The molecule has 0 saturated carbocycles. The number of H-pyrrole nitrogens is 1. The summed E-state index contributed by atoms with van der Waals surface area (Å²) in [7, 11) is 0. The summed E-state index contributed by atoms with van der Waals surface area (Å²) in [5, 5.41) is 0. The van der Waals surface area contributed by atoms with Gasteiger partial charge in [0.2, 0.25) is 0 Å². The number of aromatic nitrogens is 1. The number of aromatic amines is 1. The maximum absolute atomic E-state index is 4.27. The molecule has 0 amide bonds. The van der Waals surface area contributed by atoms with Gasteiger partial charge in [-0.05, 0) is 30.5 Å². The number of hydrogen-bond donors (Lipinski definition) is 1. The number of aliphatic imine (C=N–C) groups is 1. The highest BCUT2D eigenvalue weighted by Gasteiger charge is 2.07. The zero-order valence-corrected chi connectivity index (χ0v) is 8.14. The molecular formula is C10H10N2S. The Morgan fingerprint density at radius 3 is 3.00 bits per heavy atom. The zero-order valence-electron chi connectivity index (χ0n) is 7.32. The molecule has 1 aliphatic rings. The number of rotatable bonds is 2. The van der Waals surface area contributed by atoms with Crippen LogP contribution in [-0.2, 0) is 0 Å². The van der Waals surface area contributed by atoms with Crippen LogP contribution in [0.2, 0.25) is 0 Å². The molecule has 0 radical (unpaired) electrons. The van der Waals surface area contributed by atoms with Crippen LogP contribution in [-0.4, -0.2) is 17.5 Å². The third kappa shape index (κ3) is 1.60. The third-order valence-electron chi connectivity index (χ3n) is 1.83. The smallest absolute Gasteiger partial charge is 0.0786 e. The fourth-order valence-electron chi connectivity index (χ4n) is 1.26. The quantitative estimate of drug-likeness (QED) is 0.763. The second kappa shape index (κ2) is 3.66. The van der Waals surface area contributed by atoms with E-state index in [4.69, 9.17) is 0 Å². The van der Waals surface area contributed by atoms with Crippen molar-refractivity contribution in [2.75, 3.05) is 6.26 Å². The van der Waals surface area contributed by atoms with Crippen molar-refractivity contribution in [2.24, 2.45) is 4.99 Å². The maximum Gasteiger partial charge on any atom is 0.0786 e. The van der Waals surface area contributed by atoms with Crippen LogP contribution in [0, 0.1) is 0 Å². The van der Waals surface area contributed by atoms with Crippen molar-refractivity contribution in [2.45, 2.75) is 0 Å². The summed E-state index contributed by atoms with van der Waals surface area (Å²) >= 11 is 1.71. The van der Waals surface area contributed by atoms with Crippen LogP contribution in [0.4, 0.5) is 0 Å². The molecule has 3 heteroatoms. The van der Waals surface area contributed by atoms with Gasteiger partial charge in [-0.2, -0.15) is 0 Å². The predicted molar refractivity (Wildman–Crippen MR) is 58.9 cm³/mol. The summed E-state index contributed by atoms with van der Waals surface area (Å²) < 4.78 is 0. The van der Waals surface area contributed by atoms with Crippen molar-refractivity contribution in [3.63, 3.8) is 0 Å². The zero-order chi connectivity index (χ0) is 9.10. The highest BCUT2D eigenvalue weighted by molar-refractivity contribution is 8.07. The topological polar surface area (TPSA) is 28.1 Å². The van der Waals surface area contributed by atoms with Gasteiger partial charge in [0.15, 0.2) is 0 Å². The summed E-state index contributed by atoms with van der Waals surface area (Å²) in [6, 6.07) is 4.05. The minimum atomic E-state index is 1.04. The van der Waals surface area contributed by atoms with E-state index >= 15 is 0 Å². The molecule has 1 N–H and O–H groups in total. The average molecular weight is 190 g/mol. The number of thioether (sulfide) groups is 1. The van der Waals surface area contributed by atoms with Crippen LogP contribution in [0.3, 0.4) is 0 Å². The van der Waals surface area contributed by atoms with Gasteiger partial charge in [0.05, 0.1) is 16.3 Å². The van der Waals surface area contributed by atoms with Crippen LogP contribution in [0.15, 0.2) is 41.2 Å². The lowest BCUT2D eigenvalue weighted by atomic mass is 10.3. The molecule has 0 aliphatic carbocycles. The highest BCUT2D eigenvalue weighted by Crippen LogP contribution is 2.29. The molecule has 1 aromatic rings. The monoisotopic (exact) mass is 190 g/mol. The Morgan fingerprint density at radius 2 is 2.46 bits per heavy atom. The SMILES string of the molecule is CS/C(=C1\C=CC=N1)c1ccc[nH]1. The van der Waals surface area contributed by atoms with Gasteiger partial charge in [-0.3, -0.25) is 4.99 Å². The van der Waals surface area contributed by atoms with Crippen molar-refractivity contribution in [1.82, 2.24) is 4.98 Å². The van der Waals surface area contributed by atoms with E-state index in [2.05, 4.69) is 22.3 Å². The first-order chi connectivity index (χ1) is 6.42. The summed E-state index contributed by atoms with van der Waals surface area (Å²) in [6.07, 6.45) is 9.77. The van der Waals surface area contributed by atoms with Crippen molar-refractivity contribution >= 4 is 22.9 Å². The summed E-state index contributed by atoms with van der Waals surface area (Å²) in [5.41, 5.74) is 2.17. The van der Waals surface area contributed by atoms with Gasteiger partial charge in [0, 0.05) is 12.4 Å². The Labute approximate surface area is 81.5 Å². The Hall–Kier alpha value is -1.22. The molecule has 1 aliphatic heterocycles. The molecule has 0 atom stereocenters. The van der Waals surface area contributed by atoms with E-state index in [0.717, 1.165) is 11.4 Å². The largest absolute Gasteiger partial charge is 0.361 e. The van der Waals surface area contributed by atoms with Crippen LogP contribution in [0.5, 0.6) is 0 Å². The van der Waals surface area contributed by atoms with Crippen LogP contribution in [0.25, 0.3) is 4.91 Å². The molecule has 66 valence electrons. The number of nitrogens with zero attached hydrogens (tertiary/aromatic N) is 1.